The molecule has 1 aromatic heterocycles. The summed E-state index contributed by atoms with van der Waals surface area (Å²) in [4.78, 5) is 45.1. The predicted octanol–water partition coefficient (Wildman–Crippen LogP) is 3.15. The van der Waals surface area contributed by atoms with Crippen LogP contribution < -0.4 is 4.74 Å². The van der Waals surface area contributed by atoms with Crippen molar-refractivity contribution in [2.75, 3.05) is 33.3 Å². The molecular formula is C26H33N3O5. The van der Waals surface area contributed by atoms with E-state index in [4.69, 9.17) is 9.47 Å². The van der Waals surface area contributed by atoms with Gasteiger partial charge in [0.1, 0.15) is 12.4 Å². The van der Waals surface area contributed by atoms with Gasteiger partial charge in [0.2, 0.25) is 5.91 Å². The molecule has 0 aliphatic carbocycles. The minimum Gasteiger partial charge on any atom is -0.488 e. The van der Waals surface area contributed by atoms with Crippen molar-refractivity contribution in [3.05, 3.63) is 58.9 Å². The molecule has 3 rings (SSSR count). The number of ether oxygens (including phenoxy) is 2. The van der Waals surface area contributed by atoms with Crippen LogP contribution in [-0.2, 0) is 20.9 Å². The Labute approximate surface area is 200 Å². The Hall–Kier alpha value is -3.42. The van der Waals surface area contributed by atoms with Gasteiger partial charge in [-0.1, -0.05) is 6.07 Å². The van der Waals surface area contributed by atoms with Crippen LogP contribution in [0.2, 0.25) is 0 Å². The van der Waals surface area contributed by atoms with Gasteiger partial charge in [0.15, 0.2) is 0 Å². The topological polar surface area (TPSA) is 89.0 Å². The van der Waals surface area contributed by atoms with Crippen molar-refractivity contribution >= 4 is 17.8 Å². The second-order valence-electron chi connectivity index (χ2n) is 8.68. The van der Waals surface area contributed by atoms with Gasteiger partial charge in [-0.25, -0.2) is 0 Å². The standard InChI is InChI=1S/C26H33N3O5/c1-5-33-26(32)21-9-7-11-29(15-21)23(30)16-28(4)25(31)22-12-18(2)24(19(3)13-22)34-17-20-8-6-10-27-14-20/h6,8,10,12-14,21H,5,7,9,11,15-17H2,1-4H3. The molecule has 2 amide bonds. The smallest absolute Gasteiger partial charge is 0.310 e. The number of benzene rings is 1. The molecule has 0 saturated carbocycles. The highest BCUT2D eigenvalue weighted by Crippen LogP contribution is 2.26. The first kappa shape index (κ1) is 25.2. The van der Waals surface area contributed by atoms with Crippen molar-refractivity contribution in [2.45, 2.75) is 40.2 Å². The highest BCUT2D eigenvalue weighted by Gasteiger charge is 2.30. The number of carbonyl (C=O) groups is 3. The number of nitrogens with zero attached hydrogens (tertiary/aromatic N) is 3. The number of aromatic nitrogens is 1. The van der Waals surface area contributed by atoms with Crippen LogP contribution in [0.4, 0.5) is 0 Å². The lowest BCUT2D eigenvalue weighted by Crippen LogP contribution is -2.47. The molecule has 1 atom stereocenters. The molecule has 34 heavy (non-hydrogen) atoms. The Morgan fingerprint density at radius 3 is 2.59 bits per heavy atom. The molecule has 8 heteroatoms. The minimum atomic E-state index is -0.303. The first-order valence-corrected chi connectivity index (χ1v) is 11.6. The molecule has 1 aliphatic rings. The number of likely N-dealkylation sites (N-methyl/N-ethyl adjacent to an activating group) is 1. The van der Waals surface area contributed by atoms with Crippen molar-refractivity contribution in [1.82, 2.24) is 14.8 Å². The van der Waals surface area contributed by atoms with Gasteiger partial charge in [-0.05, 0) is 62.9 Å². The monoisotopic (exact) mass is 467 g/mol. The van der Waals surface area contributed by atoms with Crippen LogP contribution in [0.5, 0.6) is 5.75 Å². The van der Waals surface area contributed by atoms with Crippen LogP contribution in [0, 0.1) is 19.8 Å². The molecule has 2 aromatic rings. The minimum absolute atomic E-state index is 0.0499. The quantitative estimate of drug-likeness (QED) is 0.554. The maximum Gasteiger partial charge on any atom is 0.310 e. The Bertz CT molecular complexity index is 1000. The van der Waals surface area contributed by atoms with E-state index in [0.717, 1.165) is 28.9 Å². The average molecular weight is 468 g/mol. The lowest BCUT2D eigenvalue weighted by Gasteiger charge is -2.32. The highest BCUT2D eigenvalue weighted by atomic mass is 16.5. The molecule has 0 spiro atoms. The molecule has 1 fully saturated rings. The molecule has 2 heterocycles. The van der Waals surface area contributed by atoms with E-state index >= 15 is 0 Å². The van der Waals surface area contributed by atoms with Gasteiger partial charge in [-0.2, -0.15) is 0 Å². The zero-order chi connectivity index (χ0) is 24.7. The summed E-state index contributed by atoms with van der Waals surface area (Å²) in [6.07, 6.45) is 4.92. The molecule has 0 N–H and O–H groups in total. The first-order chi connectivity index (χ1) is 16.3. The fourth-order valence-corrected chi connectivity index (χ4v) is 4.19. The second kappa shape index (κ2) is 11.6. The van der Waals surface area contributed by atoms with E-state index in [2.05, 4.69) is 4.98 Å². The van der Waals surface area contributed by atoms with Gasteiger partial charge < -0.3 is 19.3 Å². The number of rotatable bonds is 8. The van der Waals surface area contributed by atoms with Crippen LogP contribution in [0.3, 0.4) is 0 Å². The molecule has 182 valence electrons. The summed E-state index contributed by atoms with van der Waals surface area (Å²) >= 11 is 0. The third-order valence-electron chi connectivity index (χ3n) is 5.93. The van der Waals surface area contributed by atoms with E-state index in [-0.39, 0.29) is 30.2 Å². The van der Waals surface area contributed by atoms with E-state index < -0.39 is 0 Å². The molecule has 0 bridgehead atoms. The number of likely N-dealkylation sites (tertiary alicyclic amines) is 1. The predicted molar refractivity (Wildman–Crippen MR) is 127 cm³/mol. The highest BCUT2D eigenvalue weighted by molar-refractivity contribution is 5.97. The van der Waals surface area contributed by atoms with Gasteiger partial charge in [0.05, 0.1) is 19.1 Å². The van der Waals surface area contributed by atoms with Crippen molar-refractivity contribution in [1.29, 1.82) is 0 Å². The van der Waals surface area contributed by atoms with E-state index in [1.165, 1.54) is 4.90 Å². The second-order valence-corrected chi connectivity index (χ2v) is 8.68. The number of piperidine rings is 1. The number of pyridine rings is 1. The summed E-state index contributed by atoms with van der Waals surface area (Å²) in [7, 11) is 1.62. The van der Waals surface area contributed by atoms with Crippen molar-refractivity contribution in [3.8, 4) is 5.75 Å². The molecule has 1 aliphatic heterocycles. The van der Waals surface area contributed by atoms with Crippen LogP contribution in [0.25, 0.3) is 0 Å². The number of aryl methyl sites for hydroxylation is 2. The fourth-order valence-electron chi connectivity index (χ4n) is 4.19. The van der Waals surface area contributed by atoms with Crippen molar-refractivity contribution in [3.63, 3.8) is 0 Å². The van der Waals surface area contributed by atoms with Crippen LogP contribution in [-0.4, -0.2) is 65.9 Å². The third kappa shape index (κ3) is 6.34. The Balaban J connectivity index is 1.61. The first-order valence-electron chi connectivity index (χ1n) is 11.6. The number of hydrogen-bond donors (Lipinski definition) is 0. The van der Waals surface area contributed by atoms with Crippen LogP contribution in [0.1, 0.15) is 46.8 Å². The van der Waals surface area contributed by atoms with E-state index in [9.17, 15) is 14.4 Å². The van der Waals surface area contributed by atoms with Gasteiger partial charge in [0.25, 0.3) is 5.91 Å². The van der Waals surface area contributed by atoms with Crippen LogP contribution >= 0.6 is 0 Å². The molecule has 8 nitrogen and oxygen atoms in total. The maximum absolute atomic E-state index is 13.0. The third-order valence-corrected chi connectivity index (χ3v) is 5.93. The van der Waals surface area contributed by atoms with Crippen molar-refractivity contribution in [2.24, 2.45) is 5.92 Å². The summed E-state index contributed by atoms with van der Waals surface area (Å²) in [5, 5.41) is 0. The SMILES string of the molecule is CCOC(=O)C1CCCN(C(=O)CN(C)C(=O)c2cc(C)c(OCc3cccnc3)c(C)c2)C1. The molecular weight excluding hydrogens is 434 g/mol. The van der Waals surface area contributed by atoms with Crippen LogP contribution in [0.15, 0.2) is 36.7 Å². The van der Waals surface area contributed by atoms with E-state index in [1.807, 2.05) is 26.0 Å². The van der Waals surface area contributed by atoms with Gasteiger partial charge in [-0.15, -0.1) is 0 Å². The summed E-state index contributed by atoms with van der Waals surface area (Å²) in [5.74, 6) is -0.242. The zero-order valence-corrected chi connectivity index (χ0v) is 20.4. The lowest BCUT2D eigenvalue weighted by atomic mass is 9.98. The Kier molecular flexibility index (Phi) is 8.62. The normalized spacial score (nSPS) is 15.5. The zero-order valence-electron chi connectivity index (χ0n) is 20.4. The number of hydrogen-bond acceptors (Lipinski definition) is 6. The van der Waals surface area contributed by atoms with E-state index in [1.54, 1.807) is 43.4 Å². The molecule has 1 aromatic carbocycles. The summed E-state index contributed by atoms with van der Waals surface area (Å²) in [6, 6.07) is 7.37. The summed E-state index contributed by atoms with van der Waals surface area (Å²) < 4.78 is 11.1. The largest absolute Gasteiger partial charge is 0.488 e. The van der Waals surface area contributed by atoms with Gasteiger partial charge in [0, 0.05) is 43.7 Å². The van der Waals surface area contributed by atoms with Gasteiger partial charge in [-0.3, -0.25) is 19.4 Å². The molecule has 1 saturated heterocycles. The molecule has 1 unspecified atom stereocenters. The Morgan fingerprint density at radius 2 is 1.94 bits per heavy atom. The summed E-state index contributed by atoms with van der Waals surface area (Å²) in [6.45, 7) is 7.15. The molecule has 0 radical (unpaired) electrons. The number of esters is 1. The van der Waals surface area contributed by atoms with Gasteiger partial charge >= 0.3 is 5.97 Å². The summed E-state index contributed by atoms with van der Waals surface area (Å²) in [5.41, 5.74) is 3.16. The average Bonchev–Trinajstić information content (AvgIpc) is 2.83. The van der Waals surface area contributed by atoms with E-state index in [0.29, 0.717) is 38.3 Å². The number of amides is 2. The lowest BCUT2D eigenvalue weighted by molar-refractivity contribution is -0.151. The fraction of sp³-hybridized carbons (Fsp3) is 0.462. The number of carbonyl (C=O) groups excluding carboxylic acids is 3. The maximum atomic E-state index is 13.0. The Morgan fingerprint density at radius 1 is 1.21 bits per heavy atom. The van der Waals surface area contributed by atoms with Crippen molar-refractivity contribution < 1.29 is 23.9 Å².